The molecule has 0 saturated carbocycles. The number of pyridine rings is 1. The maximum Gasteiger partial charge on any atom is 0.255 e. The molecule has 1 unspecified atom stereocenters. The Morgan fingerprint density at radius 2 is 1.70 bits per heavy atom. The molecule has 0 aliphatic heterocycles. The molecule has 3 rings (SSSR count). The van der Waals surface area contributed by atoms with Crippen LogP contribution in [-0.4, -0.2) is 22.8 Å². The van der Waals surface area contributed by atoms with Crippen LogP contribution in [0.4, 0.5) is 8.78 Å². The van der Waals surface area contributed by atoms with Gasteiger partial charge in [-0.05, 0) is 43.7 Å². The quantitative estimate of drug-likeness (QED) is 0.638. The summed E-state index contributed by atoms with van der Waals surface area (Å²) in [5, 5.41) is 0. The first-order chi connectivity index (χ1) is 12.9. The molecule has 0 aliphatic carbocycles. The van der Waals surface area contributed by atoms with Crippen LogP contribution in [0.5, 0.6) is 0 Å². The van der Waals surface area contributed by atoms with Crippen molar-refractivity contribution in [1.29, 1.82) is 0 Å². The molecule has 5 heteroatoms. The van der Waals surface area contributed by atoms with Crippen LogP contribution in [0.1, 0.15) is 34.6 Å². The van der Waals surface area contributed by atoms with E-state index in [4.69, 9.17) is 0 Å². The van der Waals surface area contributed by atoms with Crippen molar-refractivity contribution in [3.8, 4) is 11.3 Å². The predicted octanol–water partition coefficient (Wildman–Crippen LogP) is 5.17. The Balaban J connectivity index is 1.85. The number of carbonyl (C=O) groups is 1. The summed E-state index contributed by atoms with van der Waals surface area (Å²) in [6.07, 6.45) is 0. The van der Waals surface area contributed by atoms with Gasteiger partial charge in [0, 0.05) is 12.6 Å². The molecule has 1 atom stereocenters. The second-order valence-electron chi connectivity index (χ2n) is 6.46. The zero-order valence-electron chi connectivity index (χ0n) is 15.4. The third-order valence-corrected chi connectivity index (χ3v) is 4.71. The number of hydrogen-bond donors (Lipinski definition) is 0. The van der Waals surface area contributed by atoms with Gasteiger partial charge in [-0.3, -0.25) is 9.78 Å². The van der Waals surface area contributed by atoms with Gasteiger partial charge >= 0.3 is 0 Å². The van der Waals surface area contributed by atoms with E-state index in [0.717, 1.165) is 23.4 Å². The molecule has 1 heterocycles. The summed E-state index contributed by atoms with van der Waals surface area (Å²) in [5.74, 6) is -2.06. The second kappa shape index (κ2) is 7.66. The molecule has 0 spiro atoms. The summed E-state index contributed by atoms with van der Waals surface area (Å²) in [6, 6.07) is 16.5. The van der Waals surface area contributed by atoms with Crippen molar-refractivity contribution in [2.75, 3.05) is 7.05 Å². The van der Waals surface area contributed by atoms with Crippen molar-refractivity contribution in [2.24, 2.45) is 0 Å². The third-order valence-electron chi connectivity index (χ3n) is 4.71. The first kappa shape index (κ1) is 18.7. The Morgan fingerprint density at radius 3 is 2.33 bits per heavy atom. The highest BCUT2D eigenvalue weighted by atomic mass is 19.2. The fraction of sp³-hybridized carbons (Fsp3) is 0.182. The van der Waals surface area contributed by atoms with E-state index in [1.54, 1.807) is 27.0 Å². The van der Waals surface area contributed by atoms with Gasteiger partial charge in [0.2, 0.25) is 0 Å². The number of benzene rings is 2. The van der Waals surface area contributed by atoms with Crippen LogP contribution >= 0.6 is 0 Å². The summed E-state index contributed by atoms with van der Waals surface area (Å²) < 4.78 is 26.7. The molecule has 0 radical (unpaired) electrons. The monoisotopic (exact) mass is 366 g/mol. The number of aromatic nitrogens is 1. The normalized spacial score (nSPS) is 11.9. The van der Waals surface area contributed by atoms with Crippen LogP contribution in [0.15, 0.2) is 60.7 Å². The predicted molar refractivity (Wildman–Crippen MR) is 101 cm³/mol. The van der Waals surface area contributed by atoms with Crippen molar-refractivity contribution in [2.45, 2.75) is 19.9 Å². The average Bonchev–Trinajstić information content (AvgIpc) is 2.69. The van der Waals surface area contributed by atoms with Crippen molar-refractivity contribution < 1.29 is 13.6 Å². The minimum atomic E-state index is -0.926. The van der Waals surface area contributed by atoms with Gasteiger partial charge in [0.1, 0.15) is 0 Å². The molecule has 3 nitrogen and oxygen atoms in total. The van der Waals surface area contributed by atoms with Gasteiger partial charge in [0.15, 0.2) is 11.6 Å². The highest BCUT2D eigenvalue weighted by Gasteiger charge is 2.22. The zero-order valence-corrected chi connectivity index (χ0v) is 15.4. The van der Waals surface area contributed by atoms with Crippen LogP contribution in [-0.2, 0) is 0 Å². The zero-order chi connectivity index (χ0) is 19.6. The van der Waals surface area contributed by atoms with Gasteiger partial charge < -0.3 is 4.90 Å². The van der Waals surface area contributed by atoms with E-state index in [9.17, 15) is 13.6 Å². The average molecular weight is 366 g/mol. The third kappa shape index (κ3) is 3.87. The lowest BCUT2D eigenvalue weighted by molar-refractivity contribution is 0.0741. The molecular weight excluding hydrogens is 346 g/mol. The maximum atomic E-state index is 13.5. The lowest BCUT2D eigenvalue weighted by Gasteiger charge is -2.26. The molecule has 3 aromatic rings. The number of amides is 1. The molecule has 0 saturated heterocycles. The summed E-state index contributed by atoms with van der Waals surface area (Å²) >= 11 is 0. The minimum Gasteiger partial charge on any atom is -0.335 e. The van der Waals surface area contributed by atoms with Gasteiger partial charge in [0.05, 0.1) is 23.0 Å². The van der Waals surface area contributed by atoms with Crippen molar-refractivity contribution >= 4 is 5.91 Å². The Labute approximate surface area is 157 Å². The van der Waals surface area contributed by atoms with Crippen LogP contribution in [0, 0.1) is 18.6 Å². The summed E-state index contributed by atoms with van der Waals surface area (Å²) in [5.41, 5.74) is 3.39. The van der Waals surface area contributed by atoms with Gasteiger partial charge in [0.25, 0.3) is 5.91 Å². The highest BCUT2D eigenvalue weighted by Crippen LogP contribution is 2.24. The summed E-state index contributed by atoms with van der Waals surface area (Å²) in [4.78, 5) is 18.9. The van der Waals surface area contributed by atoms with Gasteiger partial charge in [-0.15, -0.1) is 0 Å². The summed E-state index contributed by atoms with van der Waals surface area (Å²) in [7, 11) is 1.64. The van der Waals surface area contributed by atoms with Crippen molar-refractivity contribution in [3.63, 3.8) is 0 Å². The molecule has 27 heavy (non-hydrogen) atoms. The van der Waals surface area contributed by atoms with E-state index in [-0.39, 0.29) is 5.91 Å². The van der Waals surface area contributed by atoms with Crippen LogP contribution in [0.2, 0.25) is 0 Å². The first-order valence-electron chi connectivity index (χ1n) is 8.63. The second-order valence-corrected chi connectivity index (χ2v) is 6.46. The van der Waals surface area contributed by atoms with Gasteiger partial charge in [-0.2, -0.15) is 0 Å². The maximum absolute atomic E-state index is 13.5. The molecule has 0 fully saturated rings. The fourth-order valence-corrected chi connectivity index (χ4v) is 2.92. The largest absolute Gasteiger partial charge is 0.335 e. The highest BCUT2D eigenvalue weighted by molar-refractivity contribution is 5.95. The van der Waals surface area contributed by atoms with Gasteiger partial charge in [-0.1, -0.05) is 36.4 Å². The van der Waals surface area contributed by atoms with E-state index >= 15 is 0 Å². The van der Waals surface area contributed by atoms with Crippen LogP contribution in [0.3, 0.4) is 0 Å². The molecular formula is C22H20F2N2O. The minimum absolute atomic E-state index is 0.225. The first-order valence-corrected chi connectivity index (χ1v) is 8.63. The molecule has 0 bridgehead atoms. The SMILES string of the molecule is Cc1nc(-c2ccccc2)ccc1C(=O)N(C)C(C)c1ccc(F)c(F)c1. The van der Waals surface area contributed by atoms with Gasteiger partial charge in [-0.25, -0.2) is 8.78 Å². The number of halogens is 2. The van der Waals surface area contributed by atoms with E-state index in [1.807, 2.05) is 36.4 Å². The topological polar surface area (TPSA) is 33.2 Å². The molecule has 2 aromatic carbocycles. The number of hydrogen-bond acceptors (Lipinski definition) is 2. The molecule has 0 N–H and O–H groups in total. The number of rotatable bonds is 4. The van der Waals surface area contributed by atoms with E-state index in [1.165, 1.54) is 11.0 Å². The standard InChI is InChI=1S/C22H20F2N2O/c1-14-18(10-12-21(25-14)16-7-5-4-6-8-16)22(27)26(3)15(2)17-9-11-19(23)20(24)13-17/h4-13,15H,1-3H3. The van der Waals surface area contributed by atoms with E-state index < -0.39 is 17.7 Å². The summed E-state index contributed by atoms with van der Waals surface area (Å²) in [6.45, 7) is 3.56. The van der Waals surface area contributed by atoms with Crippen molar-refractivity contribution in [1.82, 2.24) is 9.88 Å². The molecule has 0 aliphatic rings. The Bertz CT molecular complexity index is 973. The Kier molecular flexibility index (Phi) is 5.31. The number of carbonyl (C=O) groups excluding carboxylic acids is 1. The van der Waals surface area contributed by atoms with Crippen molar-refractivity contribution in [3.05, 3.63) is 89.1 Å². The molecule has 138 valence electrons. The molecule has 1 amide bonds. The lowest BCUT2D eigenvalue weighted by atomic mass is 10.0. The Morgan fingerprint density at radius 1 is 1.00 bits per heavy atom. The fourth-order valence-electron chi connectivity index (χ4n) is 2.92. The Hall–Kier alpha value is -3.08. The van der Waals surface area contributed by atoms with E-state index in [0.29, 0.717) is 16.8 Å². The van der Waals surface area contributed by atoms with E-state index in [2.05, 4.69) is 4.98 Å². The smallest absolute Gasteiger partial charge is 0.255 e. The number of nitrogens with zero attached hydrogens (tertiary/aromatic N) is 2. The molecule has 1 aromatic heterocycles. The lowest BCUT2D eigenvalue weighted by Crippen LogP contribution is -2.30. The van der Waals surface area contributed by atoms with Crippen LogP contribution in [0.25, 0.3) is 11.3 Å². The number of aryl methyl sites for hydroxylation is 1. The van der Waals surface area contributed by atoms with Crippen LogP contribution < -0.4 is 0 Å².